The maximum absolute atomic E-state index is 15.5. The molecule has 2 saturated carbocycles. The van der Waals surface area contributed by atoms with Crippen molar-refractivity contribution in [3.8, 4) is 22.4 Å². The van der Waals surface area contributed by atoms with E-state index in [1.165, 1.54) is 28.8 Å². The van der Waals surface area contributed by atoms with Crippen molar-refractivity contribution in [3.63, 3.8) is 0 Å². The van der Waals surface area contributed by atoms with Crippen LogP contribution in [0.1, 0.15) is 59.9 Å². The van der Waals surface area contributed by atoms with Crippen LogP contribution in [0.5, 0.6) is 0 Å². The zero-order valence-corrected chi connectivity index (χ0v) is 21.7. The highest BCUT2D eigenvalue weighted by molar-refractivity contribution is 6.31. The molecule has 1 spiro atoms. The molecule has 3 heterocycles. The van der Waals surface area contributed by atoms with Gasteiger partial charge in [-0.15, -0.1) is 0 Å². The van der Waals surface area contributed by atoms with Gasteiger partial charge in [0.2, 0.25) is 0 Å². The molecule has 2 aromatic heterocycles. The Morgan fingerprint density at radius 3 is 2.56 bits per heavy atom. The van der Waals surface area contributed by atoms with Gasteiger partial charge in [-0.3, -0.25) is 9.59 Å². The second-order valence-electron chi connectivity index (χ2n) is 11.0. The molecule has 2 aliphatic carbocycles. The monoisotopic (exact) mass is 546 g/mol. The maximum atomic E-state index is 15.5. The van der Waals surface area contributed by atoms with Gasteiger partial charge in [0.1, 0.15) is 17.5 Å². The molecule has 3 aliphatic rings. The highest BCUT2D eigenvalue weighted by atomic mass is 35.5. The van der Waals surface area contributed by atoms with Crippen LogP contribution in [-0.4, -0.2) is 26.0 Å². The molecule has 6 nitrogen and oxygen atoms in total. The third-order valence-corrected chi connectivity index (χ3v) is 8.48. The van der Waals surface area contributed by atoms with Crippen LogP contribution in [0.15, 0.2) is 59.7 Å². The summed E-state index contributed by atoms with van der Waals surface area (Å²) in [6.07, 6.45) is 8.08. The number of hydrogen-bond acceptors (Lipinski definition) is 3. The summed E-state index contributed by atoms with van der Waals surface area (Å²) in [5, 5.41) is 3.09. The summed E-state index contributed by atoms with van der Waals surface area (Å²) in [5.74, 6) is -0.282. The van der Waals surface area contributed by atoms with Crippen LogP contribution in [0.3, 0.4) is 0 Å². The fourth-order valence-corrected chi connectivity index (χ4v) is 5.84. The number of carbonyl (C=O) groups excluding carboxylic acids is 1. The zero-order valence-electron chi connectivity index (χ0n) is 20.9. The minimum absolute atomic E-state index is 0.0507. The van der Waals surface area contributed by atoms with Crippen molar-refractivity contribution in [2.45, 2.75) is 50.1 Å². The lowest BCUT2D eigenvalue weighted by atomic mass is 9.89. The average Bonchev–Trinajstić information content (AvgIpc) is 3.83. The Kier molecular flexibility index (Phi) is 5.53. The summed E-state index contributed by atoms with van der Waals surface area (Å²) in [4.78, 5) is 35.1. The van der Waals surface area contributed by atoms with Crippen molar-refractivity contribution in [1.82, 2.24) is 19.9 Å². The number of hydrogen-bond donors (Lipinski definition) is 2. The number of aromatic amines is 1. The molecule has 0 bridgehead atoms. The van der Waals surface area contributed by atoms with Crippen molar-refractivity contribution in [3.05, 3.63) is 98.8 Å². The van der Waals surface area contributed by atoms with Gasteiger partial charge in [-0.2, -0.15) is 0 Å². The fourth-order valence-electron chi connectivity index (χ4n) is 5.69. The molecule has 1 atom stereocenters. The Morgan fingerprint density at radius 1 is 1.08 bits per heavy atom. The van der Waals surface area contributed by atoms with Crippen molar-refractivity contribution >= 4 is 17.5 Å². The number of imidazole rings is 1. The molecule has 4 aromatic rings. The summed E-state index contributed by atoms with van der Waals surface area (Å²) in [6.45, 7) is 0. The lowest BCUT2D eigenvalue weighted by Crippen LogP contribution is -2.41. The zero-order chi connectivity index (χ0) is 26.9. The summed E-state index contributed by atoms with van der Waals surface area (Å²) in [7, 11) is 0. The number of pyridine rings is 1. The number of halogens is 3. The number of benzene rings is 2. The maximum Gasteiger partial charge on any atom is 0.253 e. The van der Waals surface area contributed by atoms with Gasteiger partial charge >= 0.3 is 0 Å². The predicted octanol–water partition coefficient (Wildman–Crippen LogP) is 6.05. The number of nitrogens with zero attached hydrogens (tertiary/aromatic N) is 2. The first-order valence-corrected chi connectivity index (χ1v) is 13.5. The van der Waals surface area contributed by atoms with E-state index in [-0.39, 0.29) is 39.0 Å². The second-order valence-corrected chi connectivity index (χ2v) is 11.4. The van der Waals surface area contributed by atoms with E-state index in [2.05, 4.69) is 15.3 Å². The molecule has 1 aliphatic heterocycles. The van der Waals surface area contributed by atoms with Crippen LogP contribution in [0.4, 0.5) is 8.78 Å². The topological polar surface area (TPSA) is 79.8 Å². The molecular formula is C30H25ClF2N4O2. The molecular weight excluding hydrogens is 522 g/mol. The van der Waals surface area contributed by atoms with Gasteiger partial charge in [0, 0.05) is 28.9 Å². The first-order valence-electron chi connectivity index (χ1n) is 13.2. The molecule has 0 saturated heterocycles. The minimum Gasteiger partial charge on any atom is -0.346 e. The highest BCUT2D eigenvalue weighted by Crippen LogP contribution is 2.45. The van der Waals surface area contributed by atoms with Gasteiger partial charge in [-0.1, -0.05) is 30.5 Å². The van der Waals surface area contributed by atoms with Crippen LogP contribution in [0, 0.1) is 17.6 Å². The Bertz CT molecular complexity index is 1690. The molecule has 7 rings (SSSR count). The smallest absolute Gasteiger partial charge is 0.253 e. The molecule has 198 valence electrons. The average molecular weight is 547 g/mol. The molecule has 2 N–H and O–H groups in total. The first kappa shape index (κ1) is 24.3. The van der Waals surface area contributed by atoms with Crippen molar-refractivity contribution in [2.75, 3.05) is 0 Å². The standard InChI is InChI=1S/C30H25ClF2N4O2/c31-22-8-5-18-13-30(9-10-30)36-29(39)21-15-37(25(38)12-20(21)26(18)27(22)33)24(11-16-1-2-16)28-34-14-23(35-28)17-3-6-19(32)7-4-17/h3-8,12,14-16,24H,1-2,9-11,13H2,(H,34,35)(H,36,39)/t24-/m0/s1. The van der Waals surface area contributed by atoms with E-state index in [0.717, 1.165) is 36.8 Å². The van der Waals surface area contributed by atoms with Crippen molar-refractivity contribution in [1.29, 1.82) is 0 Å². The molecule has 0 unspecified atom stereocenters. The van der Waals surface area contributed by atoms with Gasteiger partial charge in [0.25, 0.3) is 11.5 Å². The fraction of sp³-hybridized carbons (Fsp3) is 0.300. The normalized spacial score (nSPS) is 18.1. The summed E-state index contributed by atoms with van der Waals surface area (Å²) in [5.41, 5.74) is 2.11. The Balaban J connectivity index is 1.37. The number of nitrogens with one attached hydrogen (secondary N) is 2. The number of carbonyl (C=O) groups is 1. The van der Waals surface area contributed by atoms with Crippen LogP contribution in [-0.2, 0) is 6.42 Å². The number of H-pyrrole nitrogens is 1. The lowest BCUT2D eigenvalue weighted by molar-refractivity contribution is 0.0930. The van der Waals surface area contributed by atoms with E-state index in [1.54, 1.807) is 30.6 Å². The van der Waals surface area contributed by atoms with Crippen molar-refractivity contribution < 1.29 is 13.6 Å². The van der Waals surface area contributed by atoms with E-state index in [9.17, 15) is 14.0 Å². The Morgan fingerprint density at radius 2 is 1.85 bits per heavy atom. The second kappa shape index (κ2) is 8.88. The van der Waals surface area contributed by atoms with Gasteiger partial charge in [0.15, 0.2) is 0 Å². The number of fused-ring (bicyclic) bond motifs is 3. The van der Waals surface area contributed by atoms with E-state index in [4.69, 9.17) is 11.6 Å². The van der Waals surface area contributed by atoms with Gasteiger partial charge < -0.3 is 14.9 Å². The van der Waals surface area contributed by atoms with Gasteiger partial charge in [0.05, 0.1) is 28.5 Å². The lowest BCUT2D eigenvalue weighted by Gasteiger charge is -2.26. The van der Waals surface area contributed by atoms with E-state index in [0.29, 0.717) is 30.3 Å². The Labute approximate surface area is 228 Å². The SMILES string of the molecule is O=C1NC2(CC2)Cc2ccc(Cl)c(F)c2-c2cc(=O)n([C@@H](CC3CC3)c3ncc(-c4ccc(F)cc4)[nH]3)cc21. The number of amides is 1. The highest BCUT2D eigenvalue weighted by Gasteiger charge is 2.46. The number of rotatable bonds is 5. The molecule has 9 heteroatoms. The Hall–Kier alpha value is -3.78. The van der Waals surface area contributed by atoms with E-state index >= 15 is 4.39 Å². The van der Waals surface area contributed by atoms with Crippen LogP contribution in [0.25, 0.3) is 22.4 Å². The molecule has 39 heavy (non-hydrogen) atoms. The first-order chi connectivity index (χ1) is 18.8. The van der Waals surface area contributed by atoms with E-state index < -0.39 is 17.4 Å². The molecule has 2 aromatic carbocycles. The van der Waals surface area contributed by atoms with Crippen molar-refractivity contribution in [2.24, 2.45) is 5.92 Å². The molecule has 0 radical (unpaired) electrons. The number of aromatic nitrogens is 3. The van der Waals surface area contributed by atoms with Crippen LogP contribution >= 0.6 is 11.6 Å². The quantitative estimate of drug-likeness (QED) is 0.320. The summed E-state index contributed by atoms with van der Waals surface area (Å²) < 4.78 is 30.5. The summed E-state index contributed by atoms with van der Waals surface area (Å²) >= 11 is 6.16. The third kappa shape index (κ3) is 4.36. The third-order valence-electron chi connectivity index (χ3n) is 8.19. The van der Waals surface area contributed by atoms with Crippen LogP contribution < -0.4 is 10.9 Å². The largest absolute Gasteiger partial charge is 0.346 e. The minimum atomic E-state index is -0.623. The van der Waals surface area contributed by atoms with Gasteiger partial charge in [-0.05, 0) is 73.1 Å². The summed E-state index contributed by atoms with van der Waals surface area (Å²) in [6, 6.07) is 10.3. The predicted molar refractivity (Wildman–Crippen MR) is 144 cm³/mol. The van der Waals surface area contributed by atoms with Crippen LogP contribution in [0.2, 0.25) is 5.02 Å². The van der Waals surface area contributed by atoms with Gasteiger partial charge in [-0.25, -0.2) is 13.8 Å². The molecule has 1 amide bonds. The molecule has 2 fully saturated rings. The van der Waals surface area contributed by atoms with E-state index in [1.807, 2.05) is 0 Å².